The summed E-state index contributed by atoms with van der Waals surface area (Å²) in [5.74, 6) is 0.212. The van der Waals surface area contributed by atoms with E-state index in [1.54, 1.807) is 42.2 Å². The molecule has 0 aliphatic carbocycles. The lowest BCUT2D eigenvalue weighted by Gasteiger charge is -2.11. The van der Waals surface area contributed by atoms with Gasteiger partial charge in [-0.15, -0.1) is 0 Å². The first-order valence-electron chi connectivity index (χ1n) is 10.9. The zero-order valence-corrected chi connectivity index (χ0v) is 18.5. The Balaban J connectivity index is 1.40. The minimum atomic E-state index is -0.282. The average molecular weight is 451 g/mol. The molecular weight excluding hydrogens is 428 g/mol. The summed E-state index contributed by atoms with van der Waals surface area (Å²) in [6, 6.07) is 20.7. The van der Waals surface area contributed by atoms with E-state index in [1.807, 2.05) is 54.7 Å². The van der Waals surface area contributed by atoms with E-state index in [0.717, 1.165) is 22.5 Å². The second-order valence-electron chi connectivity index (χ2n) is 7.86. The molecule has 0 saturated heterocycles. The summed E-state index contributed by atoms with van der Waals surface area (Å²) in [5, 5.41) is 8.17. The Morgan fingerprint density at radius 3 is 2.50 bits per heavy atom. The van der Waals surface area contributed by atoms with E-state index in [4.69, 9.17) is 5.10 Å². The lowest BCUT2D eigenvalue weighted by molar-refractivity contribution is -0.121. The summed E-state index contributed by atoms with van der Waals surface area (Å²) in [5.41, 5.74) is 3.82. The van der Waals surface area contributed by atoms with Gasteiger partial charge in [0.2, 0.25) is 5.91 Å². The Labute approximate surface area is 195 Å². The summed E-state index contributed by atoms with van der Waals surface area (Å²) in [7, 11) is 0. The number of hydrogen-bond acceptors (Lipinski definition) is 5. The van der Waals surface area contributed by atoms with Crippen molar-refractivity contribution in [1.29, 1.82) is 0 Å². The van der Waals surface area contributed by atoms with Crippen molar-refractivity contribution in [3.05, 3.63) is 107 Å². The monoisotopic (exact) mass is 450 g/mol. The summed E-state index contributed by atoms with van der Waals surface area (Å²) in [6.07, 6.45) is 5.32. The molecule has 1 N–H and O–H groups in total. The highest BCUT2D eigenvalue weighted by atomic mass is 16.2. The van der Waals surface area contributed by atoms with Crippen LogP contribution in [-0.2, 0) is 17.9 Å². The van der Waals surface area contributed by atoms with Crippen LogP contribution in [0.25, 0.3) is 27.8 Å². The lowest BCUT2D eigenvalue weighted by atomic mass is 10.1. The van der Waals surface area contributed by atoms with Crippen LogP contribution in [0.1, 0.15) is 11.4 Å². The van der Waals surface area contributed by atoms with Gasteiger partial charge in [-0.05, 0) is 43.3 Å². The highest BCUT2D eigenvalue weighted by Gasteiger charge is 2.15. The van der Waals surface area contributed by atoms with Crippen LogP contribution in [0.15, 0.2) is 90.1 Å². The van der Waals surface area contributed by atoms with E-state index in [0.29, 0.717) is 16.7 Å². The number of hydrogen-bond donors (Lipinski definition) is 1. The number of aromatic nitrogens is 5. The number of nitrogens with one attached hydrogen (secondary N) is 1. The Morgan fingerprint density at radius 1 is 0.971 bits per heavy atom. The first-order valence-corrected chi connectivity index (χ1v) is 10.9. The third-order valence-electron chi connectivity index (χ3n) is 5.59. The van der Waals surface area contributed by atoms with E-state index in [9.17, 15) is 9.59 Å². The number of rotatable bonds is 6. The normalized spacial score (nSPS) is 11.0. The van der Waals surface area contributed by atoms with Crippen molar-refractivity contribution in [1.82, 2.24) is 29.6 Å². The number of fused-ring (bicyclic) bond motifs is 1. The van der Waals surface area contributed by atoms with E-state index < -0.39 is 0 Å². The van der Waals surface area contributed by atoms with Gasteiger partial charge in [-0.1, -0.05) is 30.3 Å². The van der Waals surface area contributed by atoms with Gasteiger partial charge >= 0.3 is 0 Å². The lowest BCUT2D eigenvalue weighted by Crippen LogP contribution is -2.33. The maximum absolute atomic E-state index is 12.9. The number of benzene rings is 2. The van der Waals surface area contributed by atoms with Crippen LogP contribution in [0.2, 0.25) is 0 Å². The Morgan fingerprint density at radius 2 is 1.71 bits per heavy atom. The van der Waals surface area contributed by atoms with Crippen molar-refractivity contribution in [2.75, 3.05) is 0 Å². The molecule has 0 saturated carbocycles. The van der Waals surface area contributed by atoms with Crippen LogP contribution in [0.5, 0.6) is 0 Å². The molecule has 8 nitrogen and oxygen atoms in total. The summed E-state index contributed by atoms with van der Waals surface area (Å²) >= 11 is 0. The standard InChI is InChI=1S/C26H22N6O2/c1-18-29-23-10-6-5-9-22(23)26(34)31(18)17-24(33)28-15-20-16-32(21-7-3-2-4-8-21)30-25(20)19-11-13-27-14-12-19/h2-14,16H,15,17H2,1H3,(H,28,33). The number of nitrogens with zero attached hydrogens (tertiary/aromatic N) is 5. The molecule has 0 aliphatic heterocycles. The van der Waals surface area contributed by atoms with Crippen LogP contribution in [-0.4, -0.2) is 30.2 Å². The third kappa shape index (κ3) is 4.21. The number of para-hydroxylation sites is 2. The second-order valence-corrected chi connectivity index (χ2v) is 7.86. The minimum Gasteiger partial charge on any atom is -0.350 e. The summed E-state index contributed by atoms with van der Waals surface area (Å²) in [6.45, 7) is 1.88. The first-order chi connectivity index (χ1) is 16.6. The van der Waals surface area contributed by atoms with Gasteiger partial charge in [0.1, 0.15) is 12.4 Å². The molecule has 2 aromatic carbocycles. The van der Waals surface area contributed by atoms with Crippen LogP contribution in [0.4, 0.5) is 0 Å². The highest BCUT2D eigenvalue weighted by Crippen LogP contribution is 2.23. The number of carbonyl (C=O) groups excluding carboxylic acids is 1. The molecule has 0 unspecified atom stereocenters. The van der Waals surface area contributed by atoms with E-state index in [1.165, 1.54) is 4.57 Å². The van der Waals surface area contributed by atoms with E-state index >= 15 is 0 Å². The van der Waals surface area contributed by atoms with Crippen LogP contribution in [0, 0.1) is 6.92 Å². The predicted molar refractivity (Wildman–Crippen MR) is 129 cm³/mol. The van der Waals surface area contributed by atoms with E-state index in [2.05, 4.69) is 15.3 Å². The zero-order valence-electron chi connectivity index (χ0n) is 18.5. The van der Waals surface area contributed by atoms with Gasteiger partial charge in [0, 0.05) is 36.3 Å². The molecule has 5 rings (SSSR count). The fraction of sp³-hybridized carbons (Fsp3) is 0.115. The molecule has 0 radical (unpaired) electrons. The minimum absolute atomic E-state index is 0.111. The molecule has 0 atom stereocenters. The first kappa shape index (κ1) is 21.3. The number of amides is 1. The highest BCUT2D eigenvalue weighted by molar-refractivity contribution is 5.79. The molecule has 0 aliphatic rings. The van der Waals surface area contributed by atoms with Crippen LogP contribution in [0.3, 0.4) is 0 Å². The second kappa shape index (κ2) is 9.11. The topological polar surface area (TPSA) is 94.7 Å². The molecule has 3 aromatic heterocycles. The van der Waals surface area contributed by atoms with Gasteiger partial charge in [0.15, 0.2) is 0 Å². The molecule has 0 bridgehead atoms. The molecule has 0 fully saturated rings. The predicted octanol–water partition coefficient (Wildman–Crippen LogP) is 3.27. The van der Waals surface area contributed by atoms with Crippen molar-refractivity contribution in [3.8, 4) is 16.9 Å². The molecular formula is C26H22N6O2. The average Bonchev–Trinajstić information content (AvgIpc) is 3.31. The van der Waals surface area contributed by atoms with E-state index in [-0.39, 0.29) is 24.6 Å². The maximum atomic E-state index is 12.9. The number of aryl methyl sites for hydroxylation is 1. The Hall–Kier alpha value is -4.59. The van der Waals surface area contributed by atoms with Crippen molar-refractivity contribution in [2.45, 2.75) is 20.0 Å². The molecule has 3 heterocycles. The SMILES string of the molecule is Cc1nc2ccccc2c(=O)n1CC(=O)NCc1cn(-c2ccccc2)nc1-c1ccncc1. The molecule has 8 heteroatoms. The van der Waals surface area contributed by atoms with Crippen molar-refractivity contribution in [2.24, 2.45) is 0 Å². The quantitative estimate of drug-likeness (QED) is 0.429. The van der Waals surface area contributed by atoms with Gasteiger partial charge < -0.3 is 5.32 Å². The third-order valence-corrected chi connectivity index (χ3v) is 5.59. The van der Waals surface area contributed by atoms with Crippen molar-refractivity contribution >= 4 is 16.8 Å². The smallest absolute Gasteiger partial charge is 0.261 e. The number of carbonyl (C=O) groups is 1. The van der Waals surface area contributed by atoms with Crippen molar-refractivity contribution < 1.29 is 4.79 Å². The molecule has 5 aromatic rings. The summed E-state index contributed by atoms with van der Waals surface area (Å²) < 4.78 is 3.19. The largest absolute Gasteiger partial charge is 0.350 e. The Kier molecular flexibility index (Phi) is 5.70. The van der Waals surface area contributed by atoms with Crippen LogP contribution >= 0.6 is 0 Å². The molecule has 34 heavy (non-hydrogen) atoms. The molecule has 0 spiro atoms. The summed E-state index contributed by atoms with van der Waals surface area (Å²) in [4.78, 5) is 34.2. The van der Waals surface area contributed by atoms with Gasteiger partial charge in [-0.3, -0.25) is 19.1 Å². The fourth-order valence-electron chi connectivity index (χ4n) is 3.86. The number of pyridine rings is 1. The van der Waals surface area contributed by atoms with Crippen molar-refractivity contribution in [3.63, 3.8) is 0 Å². The van der Waals surface area contributed by atoms with Gasteiger partial charge in [-0.2, -0.15) is 5.10 Å². The fourth-order valence-corrected chi connectivity index (χ4v) is 3.86. The molecule has 1 amide bonds. The maximum Gasteiger partial charge on any atom is 0.261 e. The van der Waals surface area contributed by atoms with Crippen LogP contribution < -0.4 is 10.9 Å². The van der Waals surface area contributed by atoms with Gasteiger partial charge in [0.05, 0.1) is 22.3 Å². The zero-order chi connectivity index (χ0) is 23.5. The van der Waals surface area contributed by atoms with Gasteiger partial charge in [-0.25, -0.2) is 9.67 Å². The Bertz CT molecular complexity index is 1520. The molecule has 168 valence electrons. The van der Waals surface area contributed by atoms with Gasteiger partial charge in [0.25, 0.3) is 5.56 Å².